The lowest BCUT2D eigenvalue weighted by Crippen LogP contribution is -2.62. The Bertz CT molecular complexity index is 1370. The normalized spacial score (nSPS) is 22.2. The van der Waals surface area contributed by atoms with E-state index < -0.39 is 58.3 Å². The molecule has 1 N–H and O–H groups in total. The van der Waals surface area contributed by atoms with Gasteiger partial charge in [0, 0.05) is 0 Å². The average Bonchev–Trinajstić information content (AvgIpc) is 2.97. The van der Waals surface area contributed by atoms with Gasteiger partial charge in [0.15, 0.2) is 12.2 Å². The van der Waals surface area contributed by atoms with Gasteiger partial charge in [-0.2, -0.15) is 0 Å². The Morgan fingerprint density at radius 1 is 0.634 bits per heavy atom. The highest BCUT2D eigenvalue weighted by atomic mass is 35.6. The summed E-state index contributed by atoms with van der Waals surface area (Å²) in [5, 5.41) is 8.06. The Kier molecular flexibility index (Phi) is 9.88. The topological polar surface area (TPSA) is 121 Å². The van der Waals surface area contributed by atoms with Crippen LogP contribution in [0.25, 0.3) is 0 Å². The lowest BCUT2D eigenvalue weighted by Gasteiger charge is -2.43. The first-order valence-electron chi connectivity index (χ1n) is 12.3. The Labute approximate surface area is 250 Å². The Balaban J connectivity index is 1.73. The molecule has 0 radical (unpaired) electrons. The number of carbonyl (C=O) groups is 3. The predicted molar refractivity (Wildman–Crippen MR) is 150 cm³/mol. The second-order valence-corrected chi connectivity index (χ2v) is 11.1. The van der Waals surface area contributed by atoms with Crippen LogP contribution < -0.4 is 0 Å². The number of nitrogens with one attached hydrogen (secondary N) is 1. The zero-order chi connectivity index (χ0) is 29.6. The first-order chi connectivity index (χ1) is 19.5. The fourth-order valence-electron chi connectivity index (χ4n) is 3.97. The van der Waals surface area contributed by atoms with Gasteiger partial charge in [-0.1, -0.05) is 89.4 Å². The van der Waals surface area contributed by atoms with Gasteiger partial charge in [-0.05, 0) is 43.3 Å². The van der Waals surface area contributed by atoms with E-state index in [1.54, 1.807) is 66.7 Å². The molecule has 3 aromatic carbocycles. The summed E-state index contributed by atoms with van der Waals surface area (Å²) < 4.78 is 26.4. The predicted octanol–water partition coefficient (Wildman–Crippen LogP) is 5.77. The number of hydrogen-bond acceptors (Lipinski definition) is 9. The molecule has 0 spiro atoms. The van der Waals surface area contributed by atoms with Crippen LogP contribution in [0.3, 0.4) is 0 Å². The van der Waals surface area contributed by atoms with Crippen molar-refractivity contribution in [3.63, 3.8) is 0 Å². The average molecular weight is 621 g/mol. The third-order valence-corrected chi connectivity index (χ3v) is 6.49. The molecule has 1 fully saturated rings. The van der Waals surface area contributed by atoms with E-state index in [1.165, 1.54) is 31.2 Å². The van der Waals surface area contributed by atoms with Gasteiger partial charge in [-0.3, -0.25) is 5.41 Å². The van der Waals surface area contributed by atoms with Crippen LogP contribution in [0.15, 0.2) is 91.0 Å². The van der Waals surface area contributed by atoms with Crippen molar-refractivity contribution in [2.45, 2.75) is 41.4 Å². The lowest BCUT2D eigenvalue weighted by atomic mass is 9.98. The van der Waals surface area contributed by atoms with Crippen LogP contribution in [-0.4, -0.2) is 58.3 Å². The van der Waals surface area contributed by atoms with Crippen LogP contribution >= 0.6 is 34.8 Å². The van der Waals surface area contributed by atoms with Crippen molar-refractivity contribution >= 4 is 58.6 Å². The largest absolute Gasteiger partial charge is 0.452 e. The molecule has 0 aromatic heterocycles. The van der Waals surface area contributed by atoms with Crippen molar-refractivity contribution in [3.8, 4) is 0 Å². The molecule has 0 saturated carbocycles. The zero-order valence-electron chi connectivity index (χ0n) is 21.4. The highest BCUT2D eigenvalue weighted by Crippen LogP contribution is 2.34. The summed E-state index contributed by atoms with van der Waals surface area (Å²) >= 11 is 17.5. The van der Waals surface area contributed by atoms with Crippen molar-refractivity contribution < 1.29 is 38.1 Å². The number of alkyl halides is 3. The molecule has 214 valence electrons. The van der Waals surface area contributed by atoms with Crippen LogP contribution in [0.4, 0.5) is 0 Å². The van der Waals surface area contributed by atoms with E-state index >= 15 is 0 Å². The minimum atomic E-state index is -2.28. The van der Waals surface area contributed by atoms with Crippen LogP contribution in [0.5, 0.6) is 0 Å². The van der Waals surface area contributed by atoms with Crippen molar-refractivity contribution in [3.05, 3.63) is 108 Å². The zero-order valence-corrected chi connectivity index (χ0v) is 23.7. The second-order valence-electron chi connectivity index (χ2n) is 8.86. The Hall–Kier alpha value is -3.63. The number of ether oxygens (including phenoxy) is 5. The molecule has 1 unspecified atom stereocenters. The standard InChI is InChI=1S/C29H24Cl3NO8/c1-17-21(38-24(34)18-11-5-2-6-12-18)22(39-25(35)19-13-7-3-8-14-19)23(27(37-17)41-28(33)29(30,31)32)40-26(36)20-15-9-4-10-16-20/h2-17,21-23,27,33H,1H3/t17-,21+,22+,23-,27?/m1/s1. The van der Waals surface area contributed by atoms with Crippen LogP contribution in [0, 0.1) is 5.41 Å². The van der Waals surface area contributed by atoms with Crippen molar-refractivity contribution in [1.29, 1.82) is 5.41 Å². The molecule has 1 aliphatic rings. The van der Waals surface area contributed by atoms with Gasteiger partial charge in [-0.15, -0.1) is 0 Å². The van der Waals surface area contributed by atoms with E-state index in [0.717, 1.165) is 0 Å². The van der Waals surface area contributed by atoms with Crippen molar-refractivity contribution in [1.82, 2.24) is 0 Å². The van der Waals surface area contributed by atoms with E-state index in [9.17, 15) is 14.4 Å². The first kappa shape index (κ1) is 30.3. The van der Waals surface area contributed by atoms with Gasteiger partial charge in [0.25, 0.3) is 3.79 Å². The molecule has 3 aromatic rings. The summed E-state index contributed by atoms with van der Waals surface area (Å²) in [5.41, 5.74) is 0.564. The SMILES string of the molecule is C[C@H]1OC(OC(=N)C(Cl)(Cl)Cl)[C@H](OC(=O)c2ccccc2)[C@@H](OC(=O)c2ccccc2)[C@H]1OC(=O)c1ccccc1. The molecular formula is C29H24Cl3NO8. The Morgan fingerprint density at radius 3 is 1.39 bits per heavy atom. The first-order valence-corrected chi connectivity index (χ1v) is 13.4. The minimum Gasteiger partial charge on any atom is -0.452 e. The van der Waals surface area contributed by atoms with Crippen molar-refractivity contribution in [2.24, 2.45) is 0 Å². The molecule has 0 bridgehead atoms. The fourth-order valence-corrected chi connectivity index (χ4v) is 4.10. The molecule has 1 heterocycles. The van der Waals surface area contributed by atoms with E-state index in [0.29, 0.717) is 0 Å². The van der Waals surface area contributed by atoms with Gasteiger partial charge in [0.05, 0.1) is 22.8 Å². The van der Waals surface area contributed by atoms with Gasteiger partial charge >= 0.3 is 17.9 Å². The molecule has 1 aliphatic heterocycles. The van der Waals surface area contributed by atoms with Crippen LogP contribution in [0.2, 0.25) is 0 Å². The maximum absolute atomic E-state index is 13.2. The summed E-state index contributed by atoms with van der Waals surface area (Å²) in [6.45, 7) is 1.52. The number of rotatable bonds is 7. The van der Waals surface area contributed by atoms with Gasteiger partial charge in [0.2, 0.25) is 18.3 Å². The summed E-state index contributed by atoms with van der Waals surface area (Å²) in [7, 11) is 0. The molecule has 4 rings (SSSR count). The molecule has 1 saturated heterocycles. The van der Waals surface area contributed by atoms with Crippen molar-refractivity contribution in [2.75, 3.05) is 0 Å². The molecule has 41 heavy (non-hydrogen) atoms. The van der Waals surface area contributed by atoms with E-state index in [2.05, 4.69) is 0 Å². The number of benzene rings is 3. The van der Waals surface area contributed by atoms with Gasteiger partial charge < -0.3 is 23.7 Å². The van der Waals surface area contributed by atoms with Gasteiger partial charge in [-0.25, -0.2) is 14.4 Å². The van der Waals surface area contributed by atoms with Gasteiger partial charge in [0.1, 0.15) is 0 Å². The monoisotopic (exact) mass is 619 g/mol. The van der Waals surface area contributed by atoms with Crippen LogP contribution in [0.1, 0.15) is 38.0 Å². The summed E-state index contributed by atoms with van der Waals surface area (Å²) in [5.74, 6) is -3.22. The third kappa shape index (κ3) is 7.77. The quantitative estimate of drug-likeness (QED) is 0.116. The Morgan fingerprint density at radius 2 is 1.00 bits per heavy atom. The third-order valence-electron chi connectivity index (χ3n) is 5.98. The maximum Gasteiger partial charge on any atom is 0.338 e. The summed E-state index contributed by atoms with van der Waals surface area (Å²) in [4.78, 5) is 39.4. The summed E-state index contributed by atoms with van der Waals surface area (Å²) in [6.07, 6.45) is -6.93. The van der Waals surface area contributed by atoms with Crippen LogP contribution in [-0.2, 0) is 23.7 Å². The van der Waals surface area contributed by atoms with E-state index in [1.807, 2.05) is 0 Å². The highest BCUT2D eigenvalue weighted by molar-refractivity contribution is 6.76. The smallest absolute Gasteiger partial charge is 0.338 e. The highest BCUT2D eigenvalue weighted by Gasteiger charge is 2.53. The maximum atomic E-state index is 13.2. The summed E-state index contributed by atoms with van der Waals surface area (Å²) in [6, 6.07) is 24.1. The fraction of sp³-hybridized carbons (Fsp3) is 0.241. The molecule has 0 amide bonds. The molecule has 12 heteroatoms. The second kappa shape index (κ2) is 13.4. The number of hydrogen-bond donors (Lipinski definition) is 1. The molecule has 5 atom stereocenters. The lowest BCUT2D eigenvalue weighted by molar-refractivity contribution is -0.270. The molecule has 9 nitrogen and oxygen atoms in total. The van der Waals surface area contributed by atoms with E-state index in [-0.39, 0.29) is 16.7 Å². The number of carbonyl (C=O) groups excluding carboxylic acids is 3. The molecule has 0 aliphatic carbocycles. The number of halogens is 3. The number of esters is 3. The minimum absolute atomic E-state index is 0.160. The molecular weight excluding hydrogens is 597 g/mol. The van der Waals surface area contributed by atoms with E-state index in [4.69, 9.17) is 63.9 Å².